The first-order chi connectivity index (χ1) is 30.6. The van der Waals surface area contributed by atoms with Gasteiger partial charge in [-0.05, 0) is 75.6 Å². The Labute approximate surface area is 361 Å². The van der Waals surface area contributed by atoms with Gasteiger partial charge in [-0.1, -0.05) is 17.9 Å². The van der Waals surface area contributed by atoms with Crippen LogP contribution in [0.1, 0.15) is 91.5 Å². The Morgan fingerprint density at radius 1 is 1.03 bits per heavy atom. The largest absolute Gasteiger partial charge is 0.374 e. The topological polar surface area (TPSA) is 169 Å². The molecule has 1 aromatic carbocycles. The Hall–Kier alpha value is -5.97. The fourth-order valence-corrected chi connectivity index (χ4v) is 10.2. The van der Waals surface area contributed by atoms with Crippen molar-refractivity contribution < 1.29 is 27.9 Å². The first kappa shape index (κ1) is 41.1. The van der Waals surface area contributed by atoms with Gasteiger partial charge in [-0.15, -0.1) is 0 Å². The summed E-state index contributed by atoms with van der Waals surface area (Å²) < 4.78 is 40.5. The standard InChI is InChI=1S/C44H50F2N12O5/c1-52-39-28(5-2-7-34(39)58(44(52)62)35-12-13-37(59)50-43(35)61)6-3-15-53-16-4-17-54(20-19-53)23-27-8-10-29(11-9-27)57-25-33(38(51-57)40(45)46)48-42(60)32-22-47-56-18-14-36(49-41(32)56)55-24-31-21-30(55)26-63-31/h2,5,7,14,18,22,25,27,29-31,35,40H,4,8-13,15-17,19-21,23-24,26H2,1H3,(H,48,60)(H,50,59,61)/t27?,29?,30-,31-,35?/m1/s1. The predicted molar refractivity (Wildman–Crippen MR) is 228 cm³/mol. The Morgan fingerprint density at radius 3 is 2.63 bits per heavy atom. The van der Waals surface area contributed by atoms with Crippen LogP contribution in [0.2, 0.25) is 0 Å². The molecule has 2 bridgehead atoms. The average Bonchev–Trinajstić information content (AvgIpc) is 4.11. The number of nitrogens with zero attached hydrogens (tertiary/aromatic N) is 10. The number of benzene rings is 1. The smallest absolute Gasteiger partial charge is 0.329 e. The van der Waals surface area contributed by atoms with E-state index in [1.54, 1.807) is 24.1 Å². The van der Waals surface area contributed by atoms with Gasteiger partial charge < -0.3 is 19.9 Å². The zero-order chi connectivity index (χ0) is 43.4. The molecule has 4 aliphatic heterocycles. The van der Waals surface area contributed by atoms with E-state index in [0.29, 0.717) is 41.3 Å². The van der Waals surface area contributed by atoms with E-state index < -0.39 is 30.0 Å². The van der Waals surface area contributed by atoms with Crippen molar-refractivity contribution in [3.63, 3.8) is 0 Å². The van der Waals surface area contributed by atoms with Crippen molar-refractivity contribution in [2.45, 2.75) is 82.0 Å². The number of hydrogen-bond donors (Lipinski definition) is 2. The Kier molecular flexibility index (Phi) is 11.1. The van der Waals surface area contributed by atoms with Crippen molar-refractivity contribution in [3.8, 4) is 11.8 Å². The van der Waals surface area contributed by atoms with Gasteiger partial charge in [-0.3, -0.25) is 38.4 Å². The van der Waals surface area contributed by atoms with E-state index in [1.165, 1.54) is 19.8 Å². The van der Waals surface area contributed by atoms with Gasteiger partial charge in [0.15, 0.2) is 11.3 Å². The molecule has 8 heterocycles. The number of anilines is 2. The van der Waals surface area contributed by atoms with E-state index in [9.17, 15) is 28.0 Å². The summed E-state index contributed by atoms with van der Waals surface area (Å²) in [6.07, 6.45) is 7.93. The molecule has 330 valence electrons. The molecule has 1 aliphatic carbocycles. The molecular formula is C44H50F2N12O5. The monoisotopic (exact) mass is 864 g/mol. The molecule has 17 nitrogen and oxygen atoms in total. The zero-order valence-electron chi connectivity index (χ0n) is 35.1. The molecule has 19 heteroatoms. The molecule has 63 heavy (non-hydrogen) atoms. The molecule has 3 atom stereocenters. The van der Waals surface area contributed by atoms with Crippen LogP contribution in [0.3, 0.4) is 0 Å². The van der Waals surface area contributed by atoms with Crippen LogP contribution >= 0.6 is 0 Å². The number of alkyl halides is 2. The van der Waals surface area contributed by atoms with E-state index in [1.807, 2.05) is 24.3 Å². The average molecular weight is 865 g/mol. The fourth-order valence-electron chi connectivity index (χ4n) is 10.2. The van der Waals surface area contributed by atoms with Crippen molar-refractivity contribution >= 4 is 45.9 Å². The molecule has 5 aliphatic rings. The highest BCUT2D eigenvalue weighted by Gasteiger charge is 2.40. The Balaban J connectivity index is 0.728. The Bertz CT molecular complexity index is 2700. The van der Waals surface area contributed by atoms with E-state index in [2.05, 4.69) is 47.4 Å². The maximum Gasteiger partial charge on any atom is 0.329 e. The predicted octanol–water partition coefficient (Wildman–Crippen LogP) is 3.52. The fraction of sp³-hybridized carbons (Fsp3) is 0.523. The van der Waals surface area contributed by atoms with Gasteiger partial charge in [0.05, 0.1) is 59.8 Å². The van der Waals surface area contributed by atoms with Crippen molar-refractivity contribution in [2.24, 2.45) is 13.0 Å². The number of imide groups is 1. The number of hydrogen-bond acceptors (Lipinski definition) is 11. The normalized spacial score (nSPS) is 24.6. The summed E-state index contributed by atoms with van der Waals surface area (Å²) in [4.78, 5) is 63.1. The summed E-state index contributed by atoms with van der Waals surface area (Å²) in [6.45, 7) is 6.62. The van der Waals surface area contributed by atoms with Gasteiger partial charge in [-0.2, -0.15) is 10.2 Å². The van der Waals surface area contributed by atoms with Crippen LogP contribution in [0.25, 0.3) is 16.7 Å². The maximum absolute atomic E-state index is 14.3. The Morgan fingerprint density at radius 2 is 1.86 bits per heavy atom. The van der Waals surface area contributed by atoms with Crippen LogP contribution in [0, 0.1) is 17.8 Å². The molecular weight excluding hydrogens is 815 g/mol. The highest BCUT2D eigenvalue weighted by molar-refractivity contribution is 6.08. The third-order valence-electron chi connectivity index (χ3n) is 13.5. The number of halogens is 2. The number of ether oxygens (including phenoxy) is 1. The second-order valence-electron chi connectivity index (χ2n) is 17.5. The summed E-state index contributed by atoms with van der Waals surface area (Å²) >= 11 is 0. The summed E-state index contributed by atoms with van der Waals surface area (Å²) in [7, 11) is 1.68. The minimum Gasteiger partial charge on any atom is -0.374 e. The van der Waals surface area contributed by atoms with Crippen LogP contribution < -0.4 is 21.2 Å². The lowest BCUT2D eigenvalue weighted by molar-refractivity contribution is -0.135. The number of aryl methyl sites for hydroxylation is 1. The minimum atomic E-state index is -2.86. The van der Waals surface area contributed by atoms with Gasteiger partial charge in [0.1, 0.15) is 17.4 Å². The lowest BCUT2D eigenvalue weighted by atomic mass is 9.85. The lowest BCUT2D eigenvalue weighted by Crippen LogP contribution is -2.44. The molecule has 1 saturated carbocycles. The number of morpholine rings is 1. The number of rotatable bonds is 9. The lowest BCUT2D eigenvalue weighted by Gasteiger charge is -2.32. The number of aromatic nitrogens is 7. The molecule has 2 N–H and O–H groups in total. The number of piperidine rings is 1. The number of amides is 3. The van der Waals surface area contributed by atoms with Crippen molar-refractivity contribution in [2.75, 3.05) is 62.6 Å². The van der Waals surface area contributed by atoms with Crippen molar-refractivity contribution in [1.29, 1.82) is 0 Å². The van der Waals surface area contributed by atoms with Gasteiger partial charge in [0.25, 0.3) is 12.3 Å². The van der Waals surface area contributed by atoms with E-state index in [4.69, 9.17) is 9.72 Å². The number of para-hydroxylation sites is 1. The number of nitrogens with one attached hydrogen (secondary N) is 2. The van der Waals surface area contributed by atoms with Crippen LogP contribution in [0.5, 0.6) is 0 Å². The first-order valence-electron chi connectivity index (χ1n) is 22.0. The molecule has 5 aromatic rings. The molecule has 4 saturated heterocycles. The molecule has 4 aromatic heterocycles. The van der Waals surface area contributed by atoms with Gasteiger partial charge >= 0.3 is 5.69 Å². The zero-order valence-corrected chi connectivity index (χ0v) is 35.1. The second kappa shape index (κ2) is 17.0. The first-order valence-corrected chi connectivity index (χ1v) is 22.0. The molecule has 0 spiro atoms. The quantitative estimate of drug-likeness (QED) is 0.164. The SMILES string of the molecule is Cn1c(=O)n(C2CCC(=O)NC2=O)c2cccc(C#CCN3CCCN(CC4CCC(n5cc(NC(=O)c6cnn7ccc(N8C[C@H]9C[C@@H]8CO9)nc67)c(C(F)F)n5)CC4)CC3)c21. The van der Waals surface area contributed by atoms with E-state index in [-0.39, 0.29) is 53.9 Å². The number of imidazole rings is 1. The summed E-state index contributed by atoms with van der Waals surface area (Å²) in [5.41, 5.74) is 1.76. The van der Waals surface area contributed by atoms with E-state index >= 15 is 0 Å². The highest BCUT2D eigenvalue weighted by atomic mass is 19.3. The summed E-state index contributed by atoms with van der Waals surface area (Å²) in [5, 5.41) is 13.6. The number of carbonyl (C=O) groups is 3. The number of carbonyl (C=O) groups excluding carboxylic acids is 3. The summed E-state index contributed by atoms with van der Waals surface area (Å²) in [6, 6.07) is 6.84. The molecule has 10 rings (SSSR count). The van der Waals surface area contributed by atoms with Crippen molar-refractivity contribution in [3.05, 3.63) is 70.2 Å². The molecule has 1 unspecified atom stereocenters. The molecule has 0 radical (unpaired) electrons. The number of fused-ring (bicyclic) bond motifs is 4. The maximum atomic E-state index is 14.3. The van der Waals surface area contributed by atoms with Crippen LogP contribution in [-0.2, 0) is 21.4 Å². The summed E-state index contributed by atoms with van der Waals surface area (Å²) in [5.74, 6) is 6.46. The second-order valence-corrected chi connectivity index (χ2v) is 17.5. The minimum absolute atomic E-state index is 0.00743. The molecule has 5 fully saturated rings. The third-order valence-corrected chi connectivity index (χ3v) is 13.5. The van der Waals surface area contributed by atoms with Gasteiger partial charge in [0, 0.05) is 58.6 Å². The van der Waals surface area contributed by atoms with Crippen molar-refractivity contribution in [1.82, 2.24) is 48.6 Å². The molecule has 3 amide bonds. The van der Waals surface area contributed by atoms with Crippen LogP contribution in [0.15, 0.2) is 47.7 Å². The van der Waals surface area contributed by atoms with Crippen LogP contribution in [0.4, 0.5) is 20.3 Å². The third kappa shape index (κ3) is 8.00. The van der Waals surface area contributed by atoms with E-state index in [0.717, 1.165) is 83.6 Å². The van der Waals surface area contributed by atoms with Gasteiger partial charge in [-0.25, -0.2) is 23.1 Å². The highest BCUT2D eigenvalue weighted by Crippen LogP contribution is 2.36. The van der Waals surface area contributed by atoms with Crippen LogP contribution in [-0.4, -0.2) is 126 Å². The van der Waals surface area contributed by atoms with Gasteiger partial charge in [0.2, 0.25) is 11.8 Å².